The monoisotopic (exact) mass is 296 g/mol. The second-order valence-corrected chi connectivity index (χ2v) is 8.00. The summed E-state index contributed by atoms with van der Waals surface area (Å²) in [5, 5.41) is 1.39. The Kier molecular flexibility index (Phi) is 5.63. The third-order valence-corrected chi connectivity index (χ3v) is 5.58. The Morgan fingerprint density at radius 1 is 1.26 bits per heavy atom. The molecule has 3 atom stereocenters. The van der Waals surface area contributed by atoms with Gasteiger partial charge in [0.2, 0.25) is 0 Å². The summed E-state index contributed by atoms with van der Waals surface area (Å²) < 4.78 is 0. The van der Waals surface area contributed by atoms with Gasteiger partial charge in [0.25, 0.3) is 0 Å². The molecule has 0 aromatic heterocycles. The molecule has 1 saturated heterocycles. The van der Waals surface area contributed by atoms with Crippen LogP contribution in [0.25, 0.3) is 0 Å². The third-order valence-electron chi connectivity index (χ3n) is 3.61. The maximum Gasteiger partial charge on any atom is 0.0471 e. The van der Waals surface area contributed by atoms with E-state index in [2.05, 4.69) is 61.0 Å². The molecule has 2 N–H and O–H groups in total. The van der Waals surface area contributed by atoms with Crippen LogP contribution in [-0.2, 0) is 0 Å². The molecule has 1 heterocycles. The fraction of sp³-hybridized carbons (Fsp3) is 0.600. The highest BCUT2D eigenvalue weighted by atomic mass is 32.2. The number of rotatable bonds is 4. The molecule has 2 rings (SSSR count). The van der Waals surface area contributed by atoms with Crippen LogP contribution in [0.5, 0.6) is 0 Å². The fourth-order valence-corrected chi connectivity index (χ4v) is 4.55. The predicted molar refractivity (Wildman–Crippen MR) is 88.1 cm³/mol. The minimum Gasteiger partial charge on any atom is -0.329 e. The summed E-state index contributed by atoms with van der Waals surface area (Å²) in [5.41, 5.74) is 7.40. The summed E-state index contributed by atoms with van der Waals surface area (Å²) in [6, 6.07) is 9.24. The number of thioether (sulfide) groups is 2. The highest BCUT2D eigenvalue weighted by Gasteiger charge is 2.27. The molecule has 0 spiro atoms. The van der Waals surface area contributed by atoms with Gasteiger partial charge >= 0.3 is 0 Å². The Bertz CT molecular complexity index is 384. The van der Waals surface area contributed by atoms with Crippen LogP contribution >= 0.6 is 23.5 Å². The molecule has 1 fully saturated rings. The highest BCUT2D eigenvalue weighted by Crippen LogP contribution is 2.31. The van der Waals surface area contributed by atoms with Crippen molar-refractivity contribution in [1.29, 1.82) is 0 Å². The average molecular weight is 297 g/mol. The predicted octanol–water partition coefficient (Wildman–Crippen LogP) is 3.23. The quantitative estimate of drug-likeness (QED) is 0.864. The van der Waals surface area contributed by atoms with Crippen LogP contribution in [0.2, 0.25) is 0 Å². The van der Waals surface area contributed by atoms with Gasteiger partial charge in [-0.15, -0.1) is 11.8 Å². The van der Waals surface area contributed by atoms with E-state index in [0.717, 1.165) is 13.1 Å². The molecule has 1 aromatic carbocycles. The van der Waals surface area contributed by atoms with E-state index in [4.69, 9.17) is 5.73 Å². The number of hydrogen-bond acceptors (Lipinski definition) is 4. The molecule has 2 nitrogen and oxygen atoms in total. The van der Waals surface area contributed by atoms with Gasteiger partial charge in [-0.2, -0.15) is 11.8 Å². The molecular formula is C15H24N2S2. The molecule has 1 aromatic rings. The van der Waals surface area contributed by atoms with Gasteiger partial charge in [0.05, 0.1) is 0 Å². The second kappa shape index (κ2) is 7.02. The first-order valence-electron chi connectivity index (χ1n) is 6.87. The molecule has 0 amide bonds. The van der Waals surface area contributed by atoms with E-state index < -0.39 is 0 Å². The maximum atomic E-state index is 6.04. The molecule has 1 aliphatic heterocycles. The Morgan fingerprint density at radius 2 is 1.84 bits per heavy atom. The average Bonchev–Trinajstić information content (AvgIpc) is 2.39. The molecule has 1 aliphatic rings. The number of hydrogen-bond donors (Lipinski definition) is 1. The van der Waals surface area contributed by atoms with Crippen molar-refractivity contribution in [1.82, 2.24) is 4.90 Å². The number of nitrogens with two attached hydrogens (primary N) is 1. The summed E-state index contributed by atoms with van der Waals surface area (Å²) in [4.78, 5) is 3.87. The van der Waals surface area contributed by atoms with Crippen LogP contribution < -0.4 is 5.73 Å². The van der Waals surface area contributed by atoms with E-state index >= 15 is 0 Å². The number of benzene rings is 1. The van der Waals surface area contributed by atoms with Crippen molar-refractivity contribution in [3.8, 4) is 0 Å². The molecule has 106 valence electrons. The van der Waals surface area contributed by atoms with Crippen molar-refractivity contribution in [2.45, 2.75) is 35.3 Å². The van der Waals surface area contributed by atoms with Crippen LogP contribution in [0, 0.1) is 0 Å². The Balaban J connectivity index is 2.13. The normalized spacial score (nSPS) is 26.3. The zero-order valence-corrected chi connectivity index (χ0v) is 13.6. The van der Waals surface area contributed by atoms with Gasteiger partial charge in [-0.1, -0.05) is 26.0 Å². The Hall–Kier alpha value is -0.160. The van der Waals surface area contributed by atoms with E-state index in [9.17, 15) is 0 Å². The number of nitrogens with zero attached hydrogens (tertiary/aromatic N) is 1. The standard InChI is InChI=1S/C15H24N2S2/c1-11-9-17(10-12(2)19-11)15(8-16)13-4-6-14(18-3)7-5-13/h4-7,11-12,15H,8-10,16H2,1-3H3. The Labute approximate surface area is 125 Å². The fourth-order valence-electron chi connectivity index (χ4n) is 2.79. The first-order valence-corrected chi connectivity index (χ1v) is 9.04. The Morgan fingerprint density at radius 3 is 2.32 bits per heavy atom. The van der Waals surface area contributed by atoms with Crippen molar-refractivity contribution >= 4 is 23.5 Å². The van der Waals surface area contributed by atoms with Gasteiger partial charge in [-0.25, -0.2) is 0 Å². The van der Waals surface area contributed by atoms with Gasteiger partial charge < -0.3 is 5.73 Å². The van der Waals surface area contributed by atoms with E-state index in [1.165, 1.54) is 10.5 Å². The van der Waals surface area contributed by atoms with E-state index in [1.54, 1.807) is 11.8 Å². The van der Waals surface area contributed by atoms with E-state index in [1.807, 2.05) is 0 Å². The largest absolute Gasteiger partial charge is 0.329 e. The lowest BCUT2D eigenvalue weighted by Crippen LogP contribution is -2.44. The van der Waals surface area contributed by atoms with Gasteiger partial charge in [0.15, 0.2) is 0 Å². The van der Waals surface area contributed by atoms with Crippen LogP contribution in [0.4, 0.5) is 0 Å². The highest BCUT2D eigenvalue weighted by molar-refractivity contribution is 8.00. The second-order valence-electron chi connectivity index (χ2n) is 5.24. The molecule has 0 saturated carbocycles. The third kappa shape index (κ3) is 3.91. The molecule has 19 heavy (non-hydrogen) atoms. The van der Waals surface area contributed by atoms with Crippen LogP contribution in [0.3, 0.4) is 0 Å². The van der Waals surface area contributed by atoms with Gasteiger partial charge in [-0.3, -0.25) is 4.90 Å². The molecule has 0 radical (unpaired) electrons. The summed E-state index contributed by atoms with van der Waals surface area (Å²) in [6.07, 6.45) is 2.11. The topological polar surface area (TPSA) is 29.3 Å². The zero-order chi connectivity index (χ0) is 13.8. The molecule has 0 aliphatic carbocycles. The maximum absolute atomic E-state index is 6.04. The van der Waals surface area contributed by atoms with Crippen molar-refractivity contribution in [2.75, 3.05) is 25.9 Å². The summed E-state index contributed by atoms with van der Waals surface area (Å²) >= 11 is 3.87. The van der Waals surface area contributed by atoms with Crippen LogP contribution in [0.1, 0.15) is 25.5 Å². The lowest BCUT2D eigenvalue weighted by Gasteiger charge is -2.39. The molecule has 0 bridgehead atoms. The van der Waals surface area contributed by atoms with E-state index in [0.29, 0.717) is 23.1 Å². The van der Waals surface area contributed by atoms with Gasteiger partial charge in [-0.05, 0) is 24.0 Å². The van der Waals surface area contributed by atoms with Crippen molar-refractivity contribution in [2.24, 2.45) is 5.73 Å². The lowest BCUT2D eigenvalue weighted by molar-refractivity contribution is 0.199. The molecular weight excluding hydrogens is 272 g/mol. The lowest BCUT2D eigenvalue weighted by atomic mass is 10.0. The van der Waals surface area contributed by atoms with E-state index in [-0.39, 0.29) is 0 Å². The summed E-state index contributed by atoms with van der Waals surface area (Å²) in [7, 11) is 0. The van der Waals surface area contributed by atoms with Crippen LogP contribution in [0.15, 0.2) is 29.2 Å². The van der Waals surface area contributed by atoms with Gasteiger partial charge in [0, 0.05) is 41.1 Å². The summed E-state index contributed by atoms with van der Waals surface area (Å²) in [6.45, 7) is 7.61. The first-order chi connectivity index (χ1) is 9.13. The SMILES string of the molecule is CSc1ccc(C(CN)N2CC(C)SC(C)C2)cc1. The minimum atomic E-state index is 0.363. The van der Waals surface area contributed by atoms with Crippen molar-refractivity contribution in [3.05, 3.63) is 29.8 Å². The summed E-state index contributed by atoms with van der Waals surface area (Å²) in [5.74, 6) is 0. The van der Waals surface area contributed by atoms with Crippen molar-refractivity contribution < 1.29 is 0 Å². The van der Waals surface area contributed by atoms with Gasteiger partial charge in [0.1, 0.15) is 0 Å². The minimum absolute atomic E-state index is 0.363. The van der Waals surface area contributed by atoms with Crippen molar-refractivity contribution in [3.63, 3.8) is 0 Å². The molecule has 4 heteroatoms. The smallest absolute Gasteiger partial charge is 0.0471 e. The first kappa shape index (κ1) is 15.2. The van der Waals surface area contributed by atoms with Crippen LogP contribution in [-0.4, -0.2) is 41.3 Å². The zero-order valence-electron chi connectivity index (χ0n) is 12.0. The molecule has 3 unspecified atom stereocenters.